The summed E-state index contributed by atoms with van der Waals surface area (Å²) in [5.74, 6) is 2.12. The fourth-order valence-corrected chi connectivity index (χ4v) is 1.13. The van der Waals surface area contributed by atoms with Gasteiger partial charge in [-0.25, -0.2) is 4.79 Å². The molecular formula is C13H12O3. The summed E-state index contributed by atoms with van der Waals surface area (Å²) in [5, 5.41) is 8.53. The van der Waals surface area contributed by atoms with Crippen LogP contribution in [0.2, 0.25) is 0 Å². The zero-order valence-electron chi connectivity index (χ0n) is 8.72. The van der Waals surface area contributed by atoms with Crippen molar-refractivity contribution in [2.24, 2.45) is 0 Å². The highest BCUT2D eigenvalue weighted by Crippen LogP contribution is 2.19. The normalized spacial score (nSPS) is 9.94. The first kappa shape index (κ1) is 11.9. The van der Waals surface area contributed by atoms with Gasteiger partial charge in [-0.3, -0.25) is 0 Å². The van der Waals surface area contributed by atoms with Crippen LogP contribution in [0.3, 0.4) is 0 Å². The summed E-state index contributed by atoms with van der Waals surface area (Å²) >= 11 is 0. The number of hydrogen-bond acceptors (Lipinski definition) is 2. The van der Waals surface area contributed by atoms with E-state index in [0.717, 1.165) is 11.6 Å². The van der Waals surface area contributed by atoms with Crippen molar-refractivity contribution in [1.82, 2.24) is 0 Å². The number of carboxylic acids is 1. The van der Waals surface area contributed by atoms with E-state index in [9.17, 15) is 4.79 Å². The van der Waals surface area contributed by atoms with Gasteiger partial charge in [-0.05, 0) is 12.1 Å². The predicted molar refractivity (Wildman–Crippen MR) is 62.1 cm³/mol. The van der Waals surface area contributed by atoms with Gasteiger partial charge in [0.2, 0.25) is 0 Å². The first-order chi connectivity index (χ1) is 7.74. The molecule has 0 aliphatic carbocycles. The van der Waals surface area contributed by atoms with E-state index in [4.69, 9.17) is 16.3 Å². The van der Waals surface area contributed by atoms with E-state index in [2.05, 4.69) is 5.92 Å². The summed E-state index contributed by atoms with van der Waals surface area (Å²) in [6, 6.07) is 7.20. The van der Waals surface area contributed by atoms with Crippen molar-refractivity contribution < 1.29 is 14.6 Å². The summed E-state index contributed by atoms with van der Waals surface area (Å²) in [5.41, 5.74) is 0.724. The zero-order chi connectivity index (χ0) is 11.8. The number of ether oxygens (including phenoxy) is 1. The van der Waals surface area contributed by atoms with Crippen molar-refractivity contribution in [3.8, 4) is 18.1 Å². The lowest BCUT2D eigenvalue weighted by Gasteiger charge is -2.06. The van der Waals surface area contributed by atoms with E-state index in [-0.39, 0.29) is 0 Å². The molecule has 0 unspecified atom stereocenters. The lowest BCUT2D eigenvalue weighted by Crippen LogP contribution is -1.97. The Morgan fingerprint density at radius 3 is 2.94 bits per heavy atom. The van der Waals surface area contributed by atoms with Gasteiger partial charge in [0.1, 0.15) is 5.75 Å². The highest BCUT2D eigenvalue weighted by Gasteiger charge is 1.99. The van der Waals surface area contributed by atoms with Crippen LogP contribution in [-0.4, -0.2) is 17.7 Å². The van der Waals surface area contributed by atoms with Crippen LogP contribution in [0.5, 0.6) is 5.75 Å². The number of terminal acetylenes is 1. The summed E-state index contributed by atoms with van der Waals surface area (Å²) < 4.78 is 5.42. The third-order valence-corrected chi connectivity index (χ3v) is 1.83. The number of benzene rings is 1. The van der Waals surface area contributed by atoms with Gasteiger partial charge in [0.15, 0.2) is 0 Å². The minimum absolute atomic E-state index is 0.425. The lowest BCUT2D eigenvalue weighted by atomic mass is 10.2. The molecule has 0 saturated heterocycles. The van der Waals surface area contributed by atoms with Crippen molar-refractivity contribution >= 4 is 12.0 Å². The Kier molecular flexibility index (Phi) is 4.68. The Morgan fingerprint density at radius 2 is 2.25 bits per heavy atom. The third kappa shape index (κ3) is 3.89. The standard InChI is InChI=1S/C13H12O3/c1-2-3-10-16-12-7-5-4-6-11(12)8-9-13(14)15/h1,4-9H,3,10H2,(H,14,15)/b9-8+. The zero-order valence-corrected chi connectivity index (χ0v) is 8.72. The number of aliphatic carboxylic acids is 1. The second-order valence-electron chi connectivity index (χ2n) is 3.01. The predicted octanol–water partition coefficient (Wildman–Crippen LogP) is 2.19. The van der Waals surface area contributed by atoms with Crippen molar-refractivity contribution in [2.75, 3.05) is 6.61 Å². The van der Waals surface area contributed by atoms with E-state index in [1.165, 1.54) is 6.08 Å². The molecule has 1 aromatic rings. The van der Waals surface area contributed by atoms with Gasteiger partial charge in [-0.15, -0.1) is 12.3 Å². The highest BCUT2D eigenvalue weighted by molar-refractivity contribution is 5.85. The Bertz CT molecular complexity index is 427. The van der Waals surface area contributed by atoms with Crippen molar-refractivity contribution in [1.29, 1.82) is 0 Å². The van der Waals surface area contributed by atoms with E-state index in [1.54, 1.807) is 12.1 Å². The molecule has 0 bridgehead atoms. The van der Waals surface area contributed by atoms with Crippen LogP contribution in [0, 0.1) is 12.3 Å². The van der Waals surface area contributed by atoms with E-state index in [0.29, 0.717) is 18.8 Å². The molecule has 1 aromatic carbocycles. The monoisotopic (exact) mass is 216 g/mol. The van der Waals surface area contributed by atoms with Gasteiger partial charge in [-0.2, -0.15) is 0 Å². The molecule has 0 spiro atoms. The fourth-order valence-electron chi connectivity index (χ4n) is 1.13. The van der Waals surface area contributed by atoms with Crippen molar-refractivity contribution in [3.63, 3.8) is 0 Å². The molecule has 3 nitrogen and oxygen atoms in total. The number of carbonyl (C=O) groups is 1. The second-order valence-corrected chi connectivity index (χ2v) is 3.01. The van der Waals surface area contributed by atoms with Crippen LogP contribution in [0.15, 0.2) is 30.3 Å². The van der Waals surface area contributed by atoms with Gasteiger partial charge in [0, 0.05) is 18.1 Å². The molecule has 0 aliphatic heterocycles. The van der Waals surface area contributed by atoms with Gasteiger partial charge in [-0.1, -0.05) is 18.2 Å². The molecule has 0 saturated carbocycles. The van der Waals surface area contributed by atoms with Gasteiger partial charge >= 0.3 is 5.97 Å². The van der Waals surface area contributed by atoms with Gasteiger partial charge in [0.05, 0.1) is 6.61 Å². The van der Waals surface area contributed by atoms with Crippen LogP contribution in [-0.2, 0) is 4.79 Å². The molecule has 16 heavy (non-hydrogen) atoms. The fraction of sp³-hybridized carbons (Fsp3) is 0.154. The molecular weight excluding hydrogens is 204 g/mol. The molecule has 0 aromatic heterocycles. The number of hydrogen-bond donors (Lipinski definition) is 1. The number of carboxylic acid groups (broad SMARTS) is 1. The minimum atomic E-state index is -0.988. The van der Waals surface area contributed by atoms with Gasteiger partial charge < -0.3 is 9.84 Å². The molecule has 0 atom stereocenters. The highest BCUT2D eigenvalue weighted by atomic mass is 16.5. The number of para-hydroxylation sites is 1. The van der Waals surface area contributed by atoms with Crippen LogP contribution < -0.4 is 4.74 Å². The van der Waals surface area contributed by atoms with Crippen LogP contribution in [0.4, 0.5) is 0 Å². The molecule has 0 amide bonds. The Morgan fingerprint density at radius 1 is 1.50 bits per heavy atom. The average Bonchev–Trinajstić information content (AvgIpc) is 2.28. The molecule has 3 heteroatoms. The van der Waals surface area contributed by atoms with E-state index in [1.807, 2.05) is 12.1 Å². The van der Waals surface area contributed by atoms with Crippen molar-refractivity contribution in [3.05, 3.63) is 35.9 Å². The van der Waals surface area contributed by atoms with Crippen molar-refractivity contribution in [2.45, 2.75) is 6.42 Å². The first-order valence-corrected chi connectivity index (χ1v) is 4.80. The average molecular weight is 216 g/mol. The number of rotatable bonds is 5. The molecule has 82 valence electrons. The summed E-state index contributed by atoms with van der Waals surface area (Å²) in [4.78, 5) is 10.4. The SMILES string of the molecule is C#CCCOc1ccccc1/C=C/C(=O)O. The molecule has 0 radical (unpaired) electrons. The Balaban J connectivity index is 2.76. The minimum Gasteiger partial charge on any atom is -0.492 e. The summed E-state index contributed by atoms with van der Waals surface area (Å²) in [6.45, 7) is 0.425. The maximum atomic E-state index is 10.4. The molecule has 0 heterocycles. The molecule has 0 aliphatic rings. The third-order valence-electron chi connectivity index (χ3n) is 1.83. The van der Waals surface area contributed by atoms with Crippen LogP contribution >= 0.6 is 0 Å². The Labute approximate surface area is 94.4 Å². The Hall–Kier alpha value is -2.21. The second kappa shape index (κ2) is 6.31. The van der Waals surface area contributed by atoms with E-state index < -0.39 is 5.97 Å². The largest absolute Gasteiger partial charge is 0.492 e. The van der Waals surface area contributed by atoms with Crippen LogP contribution in [0.1, 0.15) is 12.0 Å². The topological polar surface area (TPSA) is 46.5 Å². The quantitative estimate of drug-likeness (QED) is 0.466. The van der Waals surface area contributed by atoms with Crippen LogP contribution in [0.25, 0.3) is 6.08 Å². The summed E-state index contributed by atoms with van der Waals surface area (Å²) in [7, 11) is 0. The molecule has 0 fully saturated rings. The molecule has 1 N–H and O–H groups in total. The summed E-state index contributed by atoms with van der Waals surface area (Å²) in [6.07, 6.45) is 8.20. The first-order valence-electron chi connectivity index (χ1n) is 4.80. The lowest BCUT2D eigenvalue weighted by molar-refractivity contribution is -0.131. The molecule has 1 rings (SSSR count). The maximum absolute atomic E-state index is 10.4. The smallest absolute Gasteiger partial charge is 0.328 e. The maximum Gasteiger partial charge on any atom is 0.328 e. The van der Waals surface area contributed by atoms with Gasteiger partial charge in [0.25, 0.3) is 0 Å². The van der Waals surface area contributed by atoms with E-state index >= 15 is 0 Å².